The number of allylic oxidation sites excluding steroid dienone is 5. The van der Waals surface area contributed by atoms with Gasteiger partial charge in [0.1, 0.15) is 0 Å². The van der Waals surface area contributed by atoms with E-state index in [1.54, 1.807) is 12.1 Å². The van der Waals surface area contributed by atoms with Crippen LogP contribution in [0.2, 0.25) is 0 Å². The minimum atomic E-state index is -0.329. The molecule has 0 spiro atoms. The molecule has 20 heavy (non-hydrogen) atoms. The Kier molecular flexibility index (Phi) is 4.20. The summed E-state index contributed by atoms with van der Waals surface area (Å²) in [6.45, 7) is 5.69. The van der Waals surface area contributed by atoms with Gasteiger partial charge in [0.15, 0.2) is 0 Å². The highest BCUT2D eigenvalue weighted by Gasteiger charge is 2.08. The molecule has 2 aromatic rings. The number of rotatable bonds is 4. The summed E-state index contributed by atoms with van der Waals surface area (Å²) in [5.41, 5.74) is 3.55. The normalized spacial score (nSPS) is 12.0. The summed E-state index contributed by atoms with van der Waals surface area (Å²) in [6, 6.07) is 7.47. The molecule has 0 bridgehead atoms. The zero-order valence-electron chi connectivity index (χ0n) is 11.6. The Balaban J connectivity index is 2.50. The van der Waals surface area contributed by atoms with Crippen molar-refractivity contribution in [3.05, 3.63) is 66.4 Å². The molecule has 0 saturated carbocycles. The van der Waals surface area contributed by atoms with Crippen LogP contribution in [0.3, 0.4) is 0 Å². The molecule has 2 rings (SSSR count). The summed E-state index contributed by atoms with van der Waals surface area (Å²) in [4.78, 5) is 14.9. The molecule has 1 heterocycles. The van der Waals surface area contributed by atoms with Gasteiger partial charge < -0.3 is 9.72 Å². The van der Waals surface area contributed by atoms with E-state index >= 15 is 0 Å². The van der Waals surface area contributed by atoms with Crippen molar-refractivity contribution in [1.82, 2.24) is 4.98 Å². The van der Waals surface area contributed by atoms with E-state index in [0.29, 0.717) is 5.56 Å². The Labute approximate surface area is 118 Å². The highest BCUT2D eigenvalue weighted by atomic mass is 16.5. The molecule has 0 atom stereocenters. The molecular weight excluding hydrogens is 250 g/mol. The van der Waals surface area contributed by atoms with E-state index in [-0.39, 0.29) is 5.97 Å². The molecule has 0 saturated heterocycles. The maximum absolute atomic E-state index is 11.5. The smallest absolute Gasteiger partial charge is 0.337 e. The fourth-order valence-electron chi connectivity index (χ4n) is 2.07. The third kappa shape index (κ3) is 2.72. The number of benzene rings is 1. The van der Waals surface area contributed by atoms with Crippen molar-refractivity contribution in [3.8, 4) is 0 Å². The van der Waals surface area contributed by atoms with Gasteiger partial charge in [0.05, 0.1) is 12.7 Å². The van der Waals surface area contributed by atoms with Gasteiger partial charge in [0.2, 0.25) is 0 Å². The van der Waals surface area contributed by atoms with Crippen molar-refractivity contribution >= 4 is 22.4 Å². The summed E-state index contributed by atoms with van der Waals surface area (Å²) in [5, 5.41) is 0.974. The lowest BCUT2D eigenvalue weighted by Gasteiger charge is -1.98. The molecule has 0 aliphatic heterocycles. The third-order valence-corrected chi connectivity index (χ3v) is 3.00. The largest absolute Gasteiger partial charge is 0.465 e. The predicted octanol–water partition coefficient (Wildman–Crippen LogP) is 4.10. The fraction of sp³-hybridized carbons (Fsp3) is 0.118. The van der Waals surface area contributed by atoms with E-state index in [4.69, 9.17) is 4.74 Å². The second-order valence-corrected chi connectivity index (χ2v) is 4.33. The molecule has 3 heteroatoms. The number of esters is 1. The number of hydrogen-bond donors (Lipinski definition) is 1. The molecule has 0 unspecified atom stereocenters. The summed E-state index contributed by atoms with van der Waals surface area (Å²) in [7, 11) is 1.38. The van der Waals surface area contributed by atoms with E-state index in [2.05, 4.69) is 11.6 Å². The second-order valence-electron chi connectivity index (χ2n) is 4.33. The van der Waals surface area contributed by atoms with E-state index in [0.717, 1.165) is 22.2 Å². The zero-order chi connectivity index (χ0) is 14.5. The van der Waals surface area contributed by atoms with Crippen molar-refractivity contribution in [1.29, 1.82) is 0 Å². The number of H-pyrrole nitrogens is 1. The van der Waals surface area contributed by atoms with Crippen LogP contribution in [0.5, 0.6) is 0 Å². The molecule has 0 fully saturated rings. The Morgan fingerprint density at radius 3 is 2.80 bits per heavy atom. The van der Waals surface area contributed by atoms with Crippen molar-refractivity contribution in [2.45, 2.75) is 6.92 Å². The van der Waals surface area contributed by atoms with E-state index in [1.165, 1.54) is 7.11 Å². The maximum Gasteiger partial charge on any atom is 0.337 e. The van der Waals surface area contributed by atoms with Crippen molar-refractivity contribution in [2.24, 2.45) is 0 Å². The number of methoxy groups -OCH3 is 1. The van der Waals surface area contributed by atoms with E-state index < -0.39 is 0 Å². The van der Waals surface area contributed by atoms with Gasteiger partial charge in [-0.1, -0.05) is 30.9 Å². The number of nitrogens with one attached hydrogen (secondary N) is 1. The van der Waals surface area contributed by atoms with Crippen molar-refractivity contribution in [3.63, 3.8) is 0 Å². The second kappa shape index (κ2) is 6.06. The summed E-state index contributed by atoms with van der Waals surface area (Å²) < 4.78 is 4.73. The standard InChI is InChI=1S/C17H17NO2/c1-4-6-12(7-5-2)16-11-14-10-13(17(19)20-3)8-9-15(14)18-16/h4-11,18H,1H2,2-3H3/b7-5-,12-6+. The molecule has 0 aliphatic carbocycles. The minimum absolute atomic E-state index is 0.329. The number of hydrogen-bond acceptors (Lipinski definition) is 2. The highest BCUT2D eigenvalue weighted by Crippen LogP contribution is 2.23. The van der Waals surface area contributed by atoms with Gasteiger partial charge >= 0.3 is 5.97 Å². The molecule has 1 aromatic heterocycles. The van der Waals surface area contributed by atoms with Gasteiger partial charge in [-0.25, -0.2) is 4.79 Å². The van der Waals surface area contributed by atoms with Gasteiger partial charge in [0, 0.05) is 16.6 Å². The number of carbonyl (C=O) groups is 1. The Bertz CT molecular complexity index is 705. The van der Waals surface area contributed by atoms with Crippen molar-refractivity contribution in [2.75, 3.05) is 7.11 Å². The van der Waals surface area contributed by atoms with Crippen LogP contribution in [0.25, 0.3) is 16.5 Å². The molecule has 0 radical (unpaired) electrons. The maximum atomic E-state index is 11.5. The van der Waals surface area contributed by atoms with E-state index in [1.807, 2.05) is 43.4 Å². The summed E-state index contributed by atoms with van der Waals surface area (Å²) in [5.74, 6) is -0.329. The summed E-state index contributed by atoms with van der Waals surface area (Å²) >= 11 is 0. The van der Waals surface area contributed by atoms with Crippen LogP contribution in [0.15, 0.2) is 55.1 Å². The quantitative estimate of drug-likeness (QED) is 0.669. The van der Waals surface area contributed by atoms with Crippen LogP contribution in [0.1, 0.15) is 23.0 Å². The molecule has 0 amide bonds. The first-order chi connectivity index (χ1) is 9.69. The zero-order valence-corrected chi connectivity index (χ0v) is 11.6. The number of fused-ring (bicyclic) bond motifs is 1. The van der Waals surface area contributed by atoms with Crippen LogP contribution in [0, 0.1) is 0 Å². The Morgan fingerprint density at radius 1 is 1.35 bits per heavy atom. The topological polar surface area (TPSA) is 42.1 Å². The SMILES string of the molecule is C=C/C=C(\C=C/C)c1cc2cc(C(=O)OC)ccc2[nH]1. The average molecular weight is 267 g/mol. The number of ether oxygens (including phenoxy) is 1. The number of aromatic nitrogens is 1. The molecule has 102 valence electrons. The van der Waals surface area contributed by atoms with E-state index in [9.17, 15) is 4.79 Å². The monoisotopic (exact) mass is 267 g/mol. The van der Waals surface area contributed by atoms with Gasteiger partial charge in [-0.15, -0.1) is 0 Å². The van der Waals surface area contributed by atoms with Crippen LogP contribution in [0.4, 0.5) is 0 Å². The van der Waals surface area contributed by atoms with Crippen LogP contribution < -0.4 is 0 Å². The lowest BCUT2D eigenvalue weighted by atomic mass is 10.1. The van der Waals surface area contributed by atoms with Crippen molar-refractivity contribution < 1.29 is 9.53 Å². The fourth-order valence-corrected chi connectivity index (χ4v) is 2.07. The first-order valence-corrected chi connectivity index (χ1v) is 6.36. The minimum Gasteiger partial charge on any atom is -0.465 e. The first-order valence-electron chi connectivity index (χ1n) is 6.36. The Morgan fingerprint density at radius 2 is 2.15 bits per heavy atom. The molecular formula is C17H17NO2. The third-order valence-electron chi connectivity index (χ3n) is 3.00. The van der Waals surface area contributed by atoms with Gasteiger partial charge in [-0.3, -0.25) is 0 Å². The molecule has 1 N–H and O–H groups in total. The summed E-state index contributed by atoms with van der Waals surface area (Å²) in [6.07, 6.45) is 7.67. The molecule has 0 aliphatic rings. The predicted molar refractivity (Wildman–Crippen MR) is 82.6 cm³/mol. The Hall–Kier alpha value is -2.55. The van der Waals surface area contributed by atoms with Crippen LogP contribution >= 0.6 is 0 Å². The first kappa shape index (κ1) is 13.9. The highest BCUT2D eigenvalue weighted by molar-refractivity contribution is 5.96. The molecule has 1 aromatic carbocycles. The van der Waals surface area contributed by atoms with Crippen LogP contribution in [-0.4, -0.2) is 18.1 Å². The number of carbonyl (C=O) groups excluding carboxylic acids is 1. The van der Waals surface area contributed by atoms with Crippen LogP contribution in [-0.2, 0) is 4.74 Å². The van der Waals surface area contributed by atoms with Gasteiger partial charge in [0.25, 0.3) is 0 Å². The lowest BCUT2D eigenvalue weighted by Crippen LogP contribution is -2.00. The van der Waals surface area contributed by atoms with Gasteiger partial charge in [-0.05, 0) is 36.8 Å². The van der Waals surface area contributed by atoms with Gasteiger partial charge in [-0.2, -0.15) is 0 Å². The number of aromatic amines is 1. The molecule has 3 nitrogen and oxygen atoms in total. The average Bonchev–Trinajstić information content (AvgIpc) is 2.89. The lowest BCUT2D eigenvalue weighted by molar-refractivity contribution is 0.0601.